The second kappa shape index (κ2) is 5.35. The maximum absolute atomic E-state index is 12.1. The lowest BCUT2D eigenvalue weighted by atomic mass is 9.93. The third-order valence-corrected chi connectivity index (χ3v) is 4.51. The molecule has 0 saturated heterocycles. The minimum absolute atomic E-state index is 0.0246. The molecule has 1 aromatic heterocycles. The molecule has 1 heterocycles. The van der Waals surface area contributed by atoms with Crippen molar-refractivity contribution in [1.29, 1.82) is 0 Å². The molecule has 10 heteroatoms. The number of nitrogens with two attached hydrogens (primary N) is 1. The molecule has 108 valence electrons. The van der Waals surface area contributed by atoms with Crippen LogP contribution in [0, 0.1) is 5.41 Å². The van der Waals surface area contributed by atoms with Crippen molar-refractivity contribution in [3.63, 3.8) is 0 Å². The van der Waals surface area contributed by atoms with Crippen molar-refractivity contribution in [2.24, 2.45) is 23.4 Å². The summed E-state index contributed by atoms with van der Waals surface area (Å²) in [5.74, 6) is -0.0775. The van der Waals surface area contributed by atoms with Gasteiger partial charge in [-0.15, -0.1) is 0 Å². The Hall–Kier alpha value is -1.32. The van der Waals surface area contributed by atoms with E-state index in [1.54, 1.807) is 13.8 Å². The molecule has 0 radical (unpaired) electrons. The van der Waals surface area contributed by atoms with Crippen molar-refractivity contribution in [2.45, 2.75) is 18.9 Å². The quantitative estimate of drug-likeness (QED) is 0.309. The average molecular weight is 310 g/mol. The number of aromatic nitrogens is 2. The minimum atomic E-state index is -3.83. The third-order valence-electron chi connectivity index (χ3n) is 2.60. The van der Waals surface area contributed by atoms with Crippen LogP contribution >= 0.6 is 11.6 Å². The number of sulfonamides is 1. The summed E-state index contributed by atoms with van der Waals surface area (Å²) in [6.07, 6.45) is 1.24. The van der Waals surface area contributed by atoms with Crippen LogP contribution in [-0.2, 0) is 17.1 Å². The summed E-state index contributed by atoms with van der Waals surface area (Å²) in [4.78, 5) is 0. The van der Waals surface area contributed by atoms with E-state index in [0.717, 1.165) is 4.68 Å². The first kappa shape index (κ1) is 15.7. The SMILES string of the molecule is Cn1ncc(Cl)c1S(=O)(=O)NCC(C)(C)C(N)=NO. The Morgan fingerprint density at radius 2 is 2.26 bits per heavy atom. The fourth-order valence-electron chi connectivity index (χ4n) is 1.27. The zero-order valence-electron chi connectivity index (χ0n) is 10.8. The predicted molar refractivity (Wildman–Crippen MR) is 70.6 cm³/mol. The topological polar surface area (TPSA) is 123 Å². The smallest absolute Gasteiger partial charge is 0.259 e. The highest BCUT2D eigenvalue weighted by Crippen LogP contribution is 2.21. The molecule has 0 saturated carbocycles. The lowest BCUT2D eigenvalue weighted by Crippen LogP contribution is -2.42. The van der Waals surface area contributed by atoms with Crippen LogP contribution in [0.3, 0.4) is 0 Å². The second-order valence-corrected chi connectivity index (χ2v) is 6.70. The summed E-state index contributed by atoms with van der Waals surface area (Å²) in [5.41, 5.74) is 4.64. The standard InChI is InChI=1S/C9H16ClN5O3S/c1-9(2,8(11)14-16)5-13-19(17,18)7-6(10)4-12-15(7)3/h4,13,16H,5H2,1-3H3,(H2,11,14). The molecule has 0 unspecified atom stereocenters. The molecule has 19 heavy (non-hydrogen) atoms. The zero-order chi connectivity index (χ0) is 14.8. The van der Waals surface area contributed by atoms with E-state index in [2.05, 4.69) is 15.0 Å². The van der Waals surface area contributed by atoms with Crippen molar-refractivity contribution in [1.82, 2.24) is 14.5 Å². The van der Waals surface area contributed by atoms with Crippen molar-refractivity contribution in [3.8, 4) is 0 Å². The summed E-state index contributed by atoms with van der Waals surface area (Å²) in [5, 5.41) is 15.1. The van der Waals surface area contributed by atoms with Crippen LogP contribution in [0.2, 0.25) is 5.02 Å². The van der Waals surface area contributed by atoms with Gasteiger partial charge in [0.05, 0.1) is 11.2 Å². The molecule has 0 atom stereocenters. The van der Waals surface area contributed by atoms with E-state index in [4.69, 9.17) is 22.5 Å². The molecule has 1 aromatic rings. The van der Waals surface area contributed by atoms with Gasteiger partial charge in [0.25, 0.3) is 10.0 Å². The Bertz CT molecular complexity index is 573. The molecular formula is C9H16ClN5O3S. The minimum Gasteiger partial charge on any atom is -0.409 e. The molecule has 0 aliphatic carbocycles. The number of aryl methyl sites for hydroxylation is 1. The fourth-order valence-corrected chi connectivity index (χ4v) is 3.13. The molecule has 0 aliphatic rings. The van der Waals surface area contributed by atoms with Crippen molar-refractivity contribution in [2.75, 3.05) is 6.54 Å². The van der Waals surface area contributed by atoms with Gasteiger partial charge in [0.2, 0.25) is 0 Å². The molecule has 0 aliphatic heterocycles. The van der Waals surface area contributed by atoms with Gasteiger partial charge in [0, 0.05) is 19.0 Å². The van der Waals surface area contributed by atoms with E-state index in [1.165, 1.54) is 13.2 Å². The summed E-state index contributed by atoms with van der Waals surface area (Å²) in [7, 11) is -2.36. The van der Waals surface area contributed by atoms with Gasteiger partial charge in [-0.05, 0) is 0 Å². The van der Waals surface area contributed by atoms with Gasteiger partial charge in [-0.3, -0.25) is 4.68 Å². The molecule has 0 amide bonds. The van der Waals surface area contributed by atoms with E-state index in [9.17, 15) is 8.42 Å². The Morgan fingerprint density at radius 3 is 2.68 bits per heavy atom. The summed E-state index contributed by atoms with van der Waals surface area (Å²) in [6, 6.07) is 0. The molecule has 4 N–H and O–H groups in total. The van der Waals surface area contributed by atoms with Crippen LogP contribution in [0.1, 0.15) is 13.8 Å². The van der Waals surface area contributed by atoms with Gasteiger partial charge in [-0.25, -0.2) is 13.1 Å². The normalized spacial score (nSPS) is 13.8. The van der Waals surface area contributed by atoms with Crippen molar-refractivity contribution in [3.05, 3.63) is 11.2 Å². The monoisotopic (exact) mass is 309 g/mol. The van der Waals surface area contributed by atoms with Crippen molar-refractivity contribution < 1.29 is 13.6 Å². The lowest BCUT2D eigenvalue weighted by Gasteiger charge is -2.23. The summed E-state index contributed by atoms with van der Waals surface area (Å²) < 4.78 is 27.7. The number of oxime groups is 1. The van der Waals surface area contributed by atoms with Crippen LogP contribution in [0.25, 0.3) is 0 Å². The largest absolute Gasteiger partial charge is 0.409 e. The number of nitrogens with one attached hydrogen (secondary N) is 1. The molecule has 1 rings (SSSR count). The molecule has 0 spiro atoms. The van der Waals surface area contributed by atoms with Crippen LogP contribution in [0.4, 0.5) is 0 Å². The number of hydrogen-bond donors (Lipinski definition) is 3. The number of hydrogen-bond acceptors (Lipinski definition) is 5. The van der Waals surface area contributed by atoms with Gasteiger partial charge >= 0.3 is 0 Å². The van der Waals surface area contributed by atoms with E-state index in [0.29, 0.717) is 0 Å². The number of amidine groups is 1. The first-order valence-corrected chi connectivity index (χ1v) is 7.13. The van der Waals surface area contributed by atoms with Crippen LogP contribution in [-0.4, -0.2) is 35.8 Å². The Labute approximate surface area is 116 Å². The summed E-state index contributed by atoms with van der Waals surface area (Å²) in [6.45, 7) is 3.22. The van der Waals surface area contributed by atoms with E-state index < -0.39 is 15.4 Å². The highest BCUT2D eigenvalue weighted by atomic mass is 35.5. The van der Waals surface area contributed by atoms with Gasteiger partial charge in [-0.1, -0.05) is 30.6 Å². The Balaban J connectivity index is 2.95. The molecule has 0 aromatic carbocycles. The predicted octanol–water partition coefficient (Wildman–Crippen LogP) is 0.124. The van der Waals surface area contributed by atoms with Gasteiger partial charge < -0.3 is 10.9 Å². The van der Waals surface area contributed by atoms with Crippen LogP contribution < -0.4 is 10.5 Å². The maximum Gasteiger partial charge on any atom is 0.259 e. The van der Waals surface area contributed by atoms with E-state index in [-0.39, 0.29) is 22.4 Å². The lowest BCUT2D eigenvalue weighted by molar-refractivity contribution is 0.307. The third kappa shape index (κ3) is 3.37. The Morgan fingerprint density at radius 1 is 1.68 bits per heavy atom. The second-order valence-electron chi connectivity index (χ2n) is 4.61. The average Bonchev–Trinajstić information content (AvgIpc) is 2.66. The van der Waals surface area contributed by atoms with Gasteiger partial charge in [0.15, 0.2) is 5.03 Å². The first-order valence-electron chi connectivity index (χ1n) is 5.27. The fraction of sp³-hybridized carbons (Fsp3) is 0.556. The first-order chi connectivity index (χ1) is 8.62. The number of rotatable bonds is 5. The zero-order valence-corrected chi connectivity index (χ0v) is 12.3. The Kier molecular flexibility index (Phi) is 4.43. The highest BCUT2D eigenvalue weighted by Gasteiger charge is 2.29. The van der Waals surface area contributed by atoms with E-state index in [1.807, 2.05) is 0 Å². The van der Waals surface area contributed by atoms with Gasteiger partial charge in [-0.2, -0.15) is 5.10 Å². The van der Waals surface area contributed by atoms with Crippen LogP contribution in [0.15, 0.2) is 16.4 Å². The summed E-state index contributed by atoms with van der Waals surface area (Å²) >= 11 is 5.78. The number of nitrogens with zero attached hydrogens (tertiary/aromatic N) is 3. The molecule has 0 bridgehead atoms. The van der Waals surface area contributed by atoms with Crippen LogP contribution in [0.5, 0.6) is 0 Å². The van der Waals surface area contributed by atoms with Gasteiger partial charge in [0.1, 0.15) is 5.84 Å². The maximum atomic E-state index is 12.1. The molecule has 0 fully saturated rings. The molecule has 8 nitrogen and oxygen atoms in total. The number of halogens is 1. The van der Waals surface area contributed by atoms with E-state index >= 15 is 0 Å². The molecular weight excluding hydrogens is 294 g/mol. The highest BCUT2D eigenvalue weighted by molar-refractivity contribution is 7.89. The van der Waals surface area contributed by atoms with Crippen molar-refractivity contribution >= 4 is 27.5 Å².